The molecule has 1 rings (SSSR count). The van der Waals surface area contributed by atoms with E-state index in [4.69, 9.17) is 0 Å². The third kappa shape index (κ3) is 3.76. The number of Topliss-reactive ketones (excluding diaryl/α,β-unsaturated/α-hetero) is 1. The van der Waals surface area contributed by atoms with Crippen LogP contribution in [-0.2, 0) is 14.4 Å². The fourth-order valence-electron chi connectivity index (χ4n) is 1.94. The molecule has 0 aliphatic carbocycles. The monoisotopic (exact) mass is 259 g/mol. The van der Waals surface area contributed by atoms with Gasteiger partial charge in [-0.25, -0.2) is 4.39 Å². The average molecular weight is 259 g/mol. The lowest BCUT2D eigenvalue weighted by molar-refractivity contribution is -0.138. The lowest BCUT2D eigenvalue weighted by Crippen LogP contribution is -2.49. The number of amides is 2. The predicted molar refractivity (Wildman–Crippen MR) is 62.7 cm³/mol. The van der Waals surface area contributed by atoms with E-state index in [1.165, 1.54) is 4.90 Å². The molecule has 1 atom stereocenters. The largest absolute Gasteiger partial charge is 0.347 e. The number of nitrogens with zero attached hydrogens (tertiary/aromatic N) is 1. The van der Waals surface area contributed by atoms with Crippen molar-refractivity contribution >= 4 is 17.6 Å². The Labute approximate surface area is 105 Å². The number of rotatable bonds is 6. The molecule has 7 heteroatoms. The normalized spacial score (nSPS) is 18.8. The molecule has 0 aromatic carbocycles. The van der Waals surface area contributed by atoms with Crippen molar-refractivity contribution in [3.05, 3.63) is 0 Å². The Balaban J connectivity index is 2.50. The highest BCUT2D eigenvalue weighted by Gasteiger charge is 2.33. The van der Waals surface area contributed by atoms with E-state index < -0.39 is 24.4 Å². The number of hydrogen-bond donors (Lipinski definition) is 2. The van der Waals surface area contributed by atoms with Crippen molar-refractivity contribution in [2.24, 2.45) is 0 Å². The molecule has 102 valence electrons. The first-order valence-electron chi connectivity index (χ1n) is 5.89. The van der Waals surface area contributed by atoms with Gasteiger partial charge in [-0.1, -0.05) is 0 Å². The van der Waals surface area contributed by atoms with Crippen LogP contribution in [0.15, 0.2) is 0 Å². The van der Waals surface area contributed by atoms with Crippen LogP contribution in [0.4, 0.5) is 4.39 Å². The highest BCUT2D eigenvalue weighted by molar-refractivity contribution is 5.92. The van der Waals surface area contributed by atoms with Gasteiger partial charge in [0.1, 0.15) is 12.7 Å². The van der Waals surface area contributed by atoms with Crippen molar-refractivity contribution in [3.63, 3.8) is 0 Å². The number of carbonyl (C=O) groups is 3. The first-order valence-corrected chi connectivity index (χ1v) is 5.89. The maximum Gasteiger partial charge on any atom is 0.243 e. The Hall–Kier alpha value is -1.50. The first-order chi connectivity index (χ1) is 8.60. The molecule has 0 radical (unpaired) electrons. The number of halogens is 1. The fourth-order valence-corrected chi connectivity index (χ4v) is 1.94. The Morgan fingerprint density at radius 2 is 2.06 bits per heavy atom. The summed E-state index contributed by atoms with van der Waals surface area (Å²) in [6.07, 6.45) is 1.33. The standard InChI is InChI=1S/C11H18FN3O3/c1-13-7-10(17)15-4-2-3-9(15)11(18)14-6-8(16)5-12/h9,13H,2-7H2,1H3,(H,14,18). The van der Waals surface area contributed by atoms with E-state index >= 15 is 0 Å². The maximum atomic E-state index is 11.9. The summed E-state index contributed by atoms with van der Waals surface area (Å²) in [7, 11) is 1.66. The Morgan fingerprint density at radius 1 is 1.33 bits per heavy atom. The molecule has 1 unspecified atom stereocenters. The fraction of sp³-hybridized carbons (Fsp3) is 0.727. The zero-order valence-electron chi connectivity index (χ0n) is 10.4. The van der Waals surface area contributed by atoms with E-state index in [-0.39, 0.29) is 19.0 Å². The molecule has 0 saturated carbocycles. The van der Waals surface area contributed by atoms with Gasteiger partial charge in [0.15, 0.2) is 5.78 Å². The van der Waals surface area contributed by atoms with Gasteiger partial charge in [0.05, 0.1) is 13.1 Å². The van der Waals surface area contributed by atoms with Crippen molar-refractivity contribution in [3.8, 4) is 0 Å². The van der Waals surface area contributed by atoms with Gasteiger partial charge in [-0.3, -0.25) is 14.4 Å². The van der Waals surface area contributed by atoms with Crippen LogP contribution in [0.5, 0.6) is 0 Å². The minimum absolute atomic E-state index is 0.146. The van der Waals surface area contributed by atoms with Crippen LogP contribution in [0.1, 0.15) is 12.8 Å². The Kier molecular flexibility index (Phi) is 5.70. The molecule has 2 amide bonds. The van der Waals surface area contributed by atoms with E-state index in [1.54, 1.807) is 7.05 Å². The molecule has 0 bridgehead atoms. The first kappa shape index (κ1) is 14.6. The summed E-state index contributed by atoms with van der Waals surface area (Å²) >= 11 is 0. The van der Waals surface area contributed by atoms with E-state index in [0.717, 1.165) is 6.42 Å². The molecule has 1 heterocycles. The van der Waals surface area contributed by atoms with Crippen LogP contribution in [-0.4, -0.2) is 61.9 Å². The van der Waals surface area contributed by atoms with Gasteiger partial charge >= 0.3 is 0 Å². The summed E-state index contributed by atoms with van der Waals surface area (Å²) in [6.45, 7) is -0.698. The molecule has 1 aliphatic rings. The van der Waals surface area contributed by atoms with Crippen molar-refractivity contribution in [1.82, 2.24) is 15.5 Å². The number of likely N-dealkylation sites (tertiary alicyclic amines) is 1. The van der Waals surface area contributed by atoms with Crippen molar-refractivity contribution in [2.45, 2.75) is 18.9 Å². The second-order valence-corrected chi connectivity index (χ2v) is 4.17. The van der Waals surface area contributed by atoms with Crippen LogP contribution in [0.3, 0.4) is 0 Å². The molecule has 2 N–H and O–H groups in total. The van der Waals surface area contributed by atoms with E-state index in [0.29, 0.717) is 13.0 Å². The maximum absolute atomic E-state index is 11.9. The van der Waals surface area contributed by atoms with Crippen LogP contribution in [0.2, 0.25) is 0 Å². The second kappa shape index (κ2) is 7.05. The molecule has 6 nitrogen and oxygen atoms in total. The van der Waals surface area contributed by atoms with Gasteiger partial charge in [-0.15, -0.1) is 0 Å². The molecule has 1 fully saturated rings. The van der Waals surface area contributed by atoms with Crippen LogP contribution >= 0.6 is 0 Å². The van der Waals surface area contributed by atoms with Crippen LogP contribution < -0.4 is 10.6 Å². The zero-order chi connectivity index (χ0) is 13.5. The molecule has 0 aromatic heterocycles. The molecule has 1 aliphatic heterocycles. The van der Waals surface area contributed by atoms with Gasteiger partial charge in [0.2, 0.25) is 11.8 Å². The topological polar surface area (TPSA) is 78.5 Å². The SMILES string of the molecule is CNCC(=O)N1CCCC1C(=O)NCC(=O)CF. The Bertz CT molecular complexity index is 335. The molecular formula is C11H18FN3O3. The van der Waals surface area contributed by atoms with Gasteiger partial charge in [-0.05, 0) is 19.9 Å². The second-order valence-electron chi connectivity index (χ2n) is 4.17. The van der Waals surface area contributed by atoms with Crippen LogP contribution in [0, 0.1) is 0 Å². The van der Waals surface area contributed by atoms with E-state index in [2.05, 4.69) is 10.6 Å². The molecule has 1 saturated heterocycles. The minimum Gasteiger partial charge on any atom is -0.347 e. The molecule has 18 heavy (non-hydrogen) atoms. The quantitative estimate of drug-likeness (QED) is 0.631. The Morgan fingerprint density at radius 3 is 2.67 bits per heavy atom. The summed E-state index contributed by atoms with van der Waals surface area (Å²) < 4.78 is 11.9. The number of alkyl halides is 1. The third-order valence-electron chi connectivity index (χ3n) is 2.81. The van der Waals surface area contributed by atoms with Crippen molar-refractivity contribution in [1.29, 1.82) is 0 Å². The summed E-state index contributed by atoms with van der Waals surface area (Å²) in [5.74, 6) is -1.21. The number of nitrogens with one attached hydrogen (secondary N) is 2. The molecular weight excluding hydrogens is 241 g/mol. The number of ketones is 1. The summed E-state index contributed by atoms with van der Waals surface area (Å²) in [5, 5.41) is 5.10. The smallest absolute Gasteiger partial charge is 0.243 e. The molecule has 0 spiro atoms. The number of likely N-dealkylation sites (N-methyl/N-ethyl adjacent to an activating group) is 1. The minimum atomic E-state index is -1.09. The van der Waals surface area contributed by atoms with Gasteiger partial charge in [0.25, 0.3) is 0 Å². The number of hydrogen-bond acceptors (Lipinski definition) is 4. The summed E-state index contributed by atoms with van der Waals surface area (Å²) in [6, 6.07) is -0.543. The summed E-state index contributed by atoms with van der Waals surface area (Å²) in [5.41, 5.74) is 0. The van der Waals surface area contributed by atoms with Crippen molar-refractivity contribution in [2.75, 3.05) is 33.4 Å². The number of carbonyl (C=O) groups excluding carboxylic acids is 3. The zero-order valence-corrected chi connectivity index (χ0v) is 10.4. The van der Waals surface area contributed by atoms with E-state index in [1.807, 2.05) is 0 Å². The highest BCUT2D eigenvalue weighted by atomic mass is 19.1. The summed E-state index contributed by atoms with van der Waals surface area (Å²) in [4.78, 5) is 35.8. The lowest BCUT2D eigenvalue weighted by Gasteiger charge is -2.23. The lowest BCUT2D eigenvalue weighted by atomic mass is 10.2. The average Bonchev–Trinajstić information content (AvgIpc) is 2.85. The highest BCUT2D eigenvalue weighted by Crippen LogP contribution is 2.17. The van der Waals surface area contributed by atoms with Crippen LogP contribution in [0.25, 0.3) is 0 Å². The third-order valence-corrected chi connectivity index (χ3v) is 2.81. The van der Waals surface area contributed by atoms with Crippen molar-refractivity contribution < 1.29 is 18.8 Å². The van der Waals surface area contributed by atoms with E-state index in [9.17, 15) is 18.8 Å². The predicted octanol–water partition coefficient (Wildman–Crippen LogP) is -1.15. The van der Waals surface area contributed by atoms with Gasteiger partial charge < -0.3 is 15.5 Å². The van der Waals surface area contributed by atoms with Gasteiger partial charge in [0, 0.05) is 6.54 Å². The van der Waals surface area contributed by atoms with Gasteiger partial charge in [-0.2, -0.15) is 0 Å². The molecule has 0 aromatic rings.